The maximum absolute atomic E-state index is 6.84. The minimum atomic E-state index is -0.711. The summed E-state index contributed by atoms with van der Waals surface area (Å²) >= 11 is 0. The van der Waals surface area contributed by atoms with Crippen molar-refractivity contribution in [2.45, 2.75) is 45.7 Å². The highest BCUT2D eigenvalue weighted by molar-refractivity contribution is 6.11. The summed E-state index contributed by atoms with van der Waals surface area (Å²) in [4.78, 5) is 0. The quantitative estimate of drug-likeness (QED) is 0.181. The average Bonchev–Trinajstić information content (AvgIpc) is 3.84. The van der Waals surface area contributed by atoms with Gasteiger partial charge in [0, 0.05) is 22.5 Å². The number of fused-ring (bicyclic) bond motifs is 7. The van der Waals surface area contributed by atoms with Crippen molar-refractivity contribution < 1.29 is 14.0 Å². The highest BCUT2D eigenvalue weighted by atomic mass is 16.5. The first kappa shape index (κ1) is 27.0. The second kappa shape index (κ2) is 8.74. The fraction of sp³-hybridized carbons (Fsp3) is 0.167. The molecule has 3 aliphatic rings. The molecule has 0 N–H and O–H groups in total. The van der Waals surface area contributed by atoms with E-state index in [-0.39, 0.29) is 5.41 Å². The van der Waals surface area contributed by atoms with Crippen LogP contribution in [0.4, 0.5) is 0 Å². The summed E-state index contributed by atoms with van der Waals surface area (Å²) in [6, 6.07) is 35.2. The van der Waals surface area contributed by atoms with Crippen molar-refractivity contribution in [3.05, 3.63) is 144 Å². The zero-order valence-corrected chi connectivity index (χ0v) is 28.1. The van der Waals surface area contributed by atoms with E-state index < -0.39 is 5.66 Å². The summed E-state index contributed by atoms with van der Waals surface area (Å²) in [5.41, 5.74) is 11.9. The Kier molecular flexibility index (Phi) is 4.82. The number of nitrogens with zero attached hydrogens (tertiary/aromatic N) is 6. The SMILES string of the molecule is Cc1cc(C)n(-c2ccc(-c3cn4[n+](c3)C35c6c(cccc6-4)Oc4ccc6c7ccccc7n(c6c43)-c3cc(C(C)(C)C)cc[n+]35)cc2)n1. The lowest BCUT2D eigenvalue weighted by Crippen LogP contribution is -2.76. The molecule has 3 aliphatic heterocycles. The Bertz CT molecular complexity index is 2750. The van der Waals surface area contributed by atoms with Gasteiger partial charge >= 0.3 is 5.66 Å². The summed E-state index contributed by atoms with van der Waals surface area (Å²) in [7, 11) is 0. The minimum Gasteiger partial charge on any atom is -0.456 e. The van der Waals surface area contributed by atoms with Crippen molar-refractivity contribution in [3.8, 4) is 39.8 Å². The molecule has 0 amide bonds. The Morgan fingerprint density at radius 1 is 0.776 bits per heavy atom. The molecule has 8 aromatic rings. The van der Waals surface area contributed by atoms with Crippen LogP contribution < -0.4 is 14.0 Å². The summed E-state index contributed by atoms with van der Waals surface area (Å²) in [5.74, 6) is 2.92. The summed E-state index contributed by atoms with van der Waals surface area (Å²) < 4.78 is 18.6. The molecule has 7 nitrogen and oxygen atoms in total. The molecular weight excluding hydrogens is 605 g/mol. The predicted octanol–water partition coefficient (Wildman–Crippen LogP) is 7.95. The lowest BCUT2D eigenvalue weighted by molar-refractivity contribution is -0.993. The largest absolute Gasteiger partial charge is 0.456 e. The van der Waals surface area contributed by atoms with Crippen molar-refractivity contribution in [2.24, 2.45) is 0 Å². The maximum atomic E-state index is 6.84. The maximum Gasteiger partial charge on any atom is 0.397 e. The number of aryl methyl sites for hydroxylation is 2. The number of rotatable bonds is 2. The molecule has 236 valence electrons. The molecule has 7 heteroatoms. The van der Waals surface area contributed by atoms with Crippen molar-refractivity contribution in [1.29, 1.82) is 0 Å². The molecule has 0 fully saturated rings. The number of para-hydroxylation sites is 1. The smallest absolute Gasteiger partial charge is 0.397 e. The minimum absolute atomic E-state index is 0.0219. The van der Waals surface area contributed by atoms with E-state index in [1.165, 1.54) is 27.4 Å². The summed E-state index contributed by atoms with van der Waals surface area (Å²) in [6.45, 7) is 11.0. The van der Waals surface area contributed by atoms with Gasteiger partial charge in [-0.25, -0.2) is 4.68 Å². The topological polar surface area (TPSA) is 44.7 Å². The van der Waals surface area contributed by atoms with Gasteiger partial charge in [-0.05, 0) is 91.1 Å². The van der Waals surface area contributed by atoms with Gasteiger partial charge in [-0.3, -0.25) is 0 Å². The second-order valence-corrected chi connectivity index (χ2v) is 14.8. The zero-order chi connectivity index (χ0) is 33.0. The molecule has 0 bridgehead atoms. The fourth-order valence-electron chi connectivity index (χ4n) is 8.76. The molecule has 0 saturated heterocycles. The summed E-state index contributed by atoms with van der Waals surface area (Å²) in [6.07, 6.45) is 6.90. The normalized spacial score (nSPS) is 16.5. The standard InChI is InChI=1S/C42H34N6O/c1-25-21-26(2)48(43-25)30-15-13-27(14-16-30)28-23-45-34-11-8-12-35-38(34)42(46(45)24-28)39-36(49-35)18-17-32-31-9-6-7-10-33(31)47(40(32)39)37-22-29(41(3,4)5)19-20-44(37)42/h6-24H,1-5H3/q+2. The van der Waals surface area contributed by atoms with Gasteiger partial charge < -0.3 is 4.74 Å². The third kappa shape index (κ3) is 3.21. The van der Waals surface area contributed by atoms with Crippen LogP contribution in [-0.4, -0.2) is 19.0 Å². The Morgan fingerprint density at radius 3 is 2.39 bits per heavy atom. The molecule has 4 aromatic heterocycles. The Labute approximate surface area is 283 Å². The molecule has 0 aliphatic carbocycles. The predicted molar refractivity (Wildman–Crippen MR) is 189 cm³/mol. The van der Waals surface area contributed by atoms with Crippen molar-refractivity contribution in [1.82, 2.24) is 19.0 Å². The fourth-order valence-corrected chi connectivity index (χ4v) is 8.76. The van der Waals surface area contributed by atoms with Crippen LogP contribution in [0.15, 0.2) is 116 Å². The molecule has 0 radical (unpaired) electrons. The number of benzene rings is 4. The first-order valence-electron chi connectivity index (χ1n) is 17.0. The van der Waals surface area contributed by atoms with E-state index in [4.69, 9.17) is 9.84 Å². The first-order valence-corrected chi connectivity index (χ1v) is 17.0. The monoisotopic (exact) mass is 638 g/mol. The number of aromatic nitrogens is 6. The number of ether oxygens (including phenoxy) is 1. The highest BCUT2D eigenvalue weighted by Gasteiger charge is 2.68. The molecule has 1 atom stereocenters. The molecule has 49 heavy (non-hydrogen) atoms. The van der Waals surface area contributed by atoms with Gasteiger partial charge in [0.2, 0.25) is 6.20 Å². The van der Waals surface area contributed by atoms with Gasteiger partial charge in [-0.2, -0.15) is 14.2 Å². The highest BCUT2D eigenvalue weighted by Crippen LogP contribution is 2.55. The van der Waals surface area contributed by atoms with Gasteiger partial charge in [-0.15, -0.1) is 4.68 Å². The summed E-state index contributed by atoms with van der Waals surface area (Å²) in [5, 5.41) is 7.18. The van der Waals surface area contributed by atoms with Crippen LogP contribution in [0.2, 0.25) is 0 Å². The molecule has 4 aromatic carbocycles. The van der Waals surface area contributed by atoms with Crippen LogP contribution in [0.25, 0.3) is 50.1 Å². The number of pyridine rings is 1. The third-order valence-corrected chi connectivity index (χ3v) is 10.9. The molecule has 1 spiro atoms. The van der Waals surface area contributed by atoms with Crippen LogP contribution in [0.3, 0.4) is 0 Å². The first-order chi connectivity index (χ1) is 23.7. The van der Waals surface area contributed by atoms with E-state index in [1.54, 1.807) is 0 Å². The third-order valence-electron chi connectivity index (χ3n) is 10.9. The lowest BCUT2D eigenvalue weighted by atomic mass is 9.83. The molecule has 7 heterocycles. The Morgan fingerprint density at radius 2 is 1.59 bits per heavy atom. The van der Waals surface area contributed by atoms with E-state index in [0.29, 0.717) is 0 Å². The average molecular weight is 639 g/mol. The second-order valence-electron chi connectivity index (χ2n) is 14.8. The number of hydrogen-bond acceptors (Lipinski definition) is 2. The van der Waals surface area contributed by atoms with Crippen LogP contribution in [0.5, 0.6) is 11.5 Å². The van der Waals surface area contributed by atoms with Crippen molar-refractivity contribution in [2.75, 3.05) is 0 Å². The van der Waals surface area contributed by atoms with Crippen LogP contribution in [-0.2, 0) is 11.1 Å². The van der Waals surface area contributed by atoms with E-state index in [9.17, 15) is 0 Å². The number of hydrogen-bond donors (Lipinski definition) is 0. The van der Waals surface area contributed by atoms with Gasteiger partial charge in [-0.1, -0.05) is 55.8 Å². The van der Waals surface area contributed by atoms with Crippen LogP contribution in [0.1, 0.15) is 48.8 Å². The lowest BCUT2D eigenvalue weighted by Gasteiger charge is -2.33. The van der Waals surface area contributed by atoms with Crippen LogP contribution in [0, 0.1) is 13.8 Å². The van der Waals surface area contributed by atoms with E-state index in [1.807, 2.05) is 11.6 Å². The van der Waals surface area contributed by atoms with Gasteiger partial charge in [0.1, 0.15) is 28.3 Å². The van der Waals surface area contributed by atoms with Gasteiger partial charge in [0.25, 0.3) is 5.82 Å². The Balaban J connectivity index is 1.24. The van der Waals surface area contributed by atoms with Crippen molar-refractivity contribution >= 4 is 21.8 Å². The van der Waals surface area contributed by atoms with E-state index >= 15 is 0 Å². The molecule has 0 saturated carbocycles. The van der Waals surface area contributed by atoms with Gasteiger partial charge in [0.15, 0.2) is 11.1 Å². The van der Waals surface area contributed by atoms with Gasteiger partial charge in [0.05, 0.1) is 29.3 Å². The van der Waals surface area contributed by atoms with E-state index in [0.717, 1.165) is 62.3 Å². The van der Waals surface area contributed by atoms with Crippen molar-refractivity contribution in [3.63, 3.8) is 0 Å². The van der Waals surface area contributed by atoms with E-state index in [2.05, 4.69) is 162 Å². The zero-order valence-electron chi connectivity index (χ0n) is 28.1. The van der Waals surface area contributed by atoms with Crippen LogP contribution >= 0.6 is 0 Å². The molecular formula is C42H34N6O+2. The Hall–Kier alpha value is -5.95. The molecule has 1 unspecified atom stereocenters. The molecule has 11 rings (SSSR count).